The van der Waals surface area contributed by atoms with Crippen molar-refractivity contribution < 1.29 is 0 Å². The predicted molar refractivity (Wildman–Crippen MR) is 107 cm³/mol. The SMILES string of the molecule is Cc1ccc(-c2csc3ncn(Cc4cccc(Br)c4)c(=O)c23)cc1. The molecule has 0 unspecified atom stereocenters. The van der Waals surface area contributed by atoms with Gasteiger partial charge in [-0.25, -0.2) is 4.98 Å². The van der Waals surface area contributed by atoms with Crippen molar-refractivity contribution in [2.24, 2.45) is 0 Å². The zero-order chi connectivity index (χ0) is 17.4. The van der Waals surface area contributed by atoms with E-state index >= 15 is 0 Å². The van der Waals surface area contributed by atoms with Crippen LogP contribution in [0.1, 0.15) is 11.1 Å². The Balaban J connectivity index is 1.83. The Bertz CT molecular complexity index is 1110. The van der Waals surface area contributed by atoms with E-state index in [2.05, 4.69) is 52.1 Å². The summed E-state index contributed by atoms with van der Waals surface area (Å²) in [5, 5.41) is 2.72. The minimum atomic E-state index is 0.00167. The van der Waals surface area contributed by atoms with Crippen molar-refractivity contribution in [3.63, 3.8) is 0 Å². The highest BCUT2D eigenvalue weighted by Gasteiger charge is 2.13. The van der Waals surface area contributed by atoms with Gasteiger partial charge in [-0.15, -0.1) is 11.3 Å². The van der Waals surface area contributed by atoms with Gasteiger partial charge in [-0.1, -0.05) is 57.9 Å². The first kappa shape index (κ1) is 16.2. The molecule has 0 N–H and O–H groups in total. The fourth-order valence-electron chi connectivity index (χ4n) is 2.86. The Hall–Kier alpha value is -2.24. The molecule has 5 heteroatoms. The van der Waals surface area contributed by atoms with E-state index in [1.54, 1.807) is 10.9 Å². The molecule has 124 valence electrons. The number of aromatic nitrogens is 2. The molecule has 3 nitrogen and oxygen atoms in total. The summed E-state index contributed by atoms with van der Waals surface area (Å²) in [6.07, 6.45) is 1.64. The summed E-state index contributed by atoms with van der Waals surface area (Å²) in [6.45, 7) is 2.56. The number of hydrogen-bond donors (Lipinski definition) is 0. The van der Waals surface area contributed by atoms with Crippen molar-refractivity contribution in [1.82, 2.24) is 9.55 Å². The van der Waals surface area contributed by atoms with Crippen LogP contribution in [-0.2, 0) is 6.54 Å². The summed E-state index contributed by atoms with van der Waals surface area (Å²) in [6, 6.07) is 16.2. The highest BCUT2D eigenvalue weighted by atomic mass is 79.9. The summed E-state index contributed by atoms with van der Waals surface area (Å²) < 4.78 is 2.68. The van der Waals surface area contributed by atoms with E-state index in [4.69, 9.17) is 0 Å². The van der Waals surface area contributed by atoms with Crippen molar-refractivity contribution in [2.45, 2.75) is 13.5 Å². The molecule has 2 aromatic carbocycles. The molecule has 0 spiro atoms. The van der Waals surface area contributed by atoms with Gasteiger partial charge in [-0.05, 0) is 30.2 Å². The molecule has 0 aliphatic rings. The molecule has 0 bridgehead atoms. The van der Waals surface area contributed by atoms with E-state index in [0.29, 0.717) is 11.9 Å². The summed E-state index contributed by atoms with van der Waals surface area (Å²) >= 11 is 4.99. The molecule has 2 heterocycles. The molecule has 0 saturated heterocycles. The minimum absolute atomic E-state index is 0.00167. The number of nitrogens with zero attached hydrogens (tertiary/aromatic N) is 2. The number of thiophene rings is 1. The first-order chi connectivity index (χ1) is 12.1. The van der Waals surface area contributed by atoms with Crippen LogP contribution in [0, 0.1) is 6.92 Å². The highest BCUT2D eigenvalue weighted by Crippen LogP contribution is 2.30. The second-order valence-electron chi connectivity index (χ2n) is 6.00. The third-order valence-electron chi connectivity index (χ3n) is 4.17. The molecule has 0 aliphatic heterocycles. The lowest BCUT2D eigenvalue weighted by atomic mass is 10.1. The van der Waals surface area contributed by atoms with Gasteiger partial charge >= 0.3 is 0 Å². The maximum atomic E-state index is 13.1. The molecule has 0 saturated carbocycles. The lowest BCUT2D eigenvalue weighted by molar-refractivity contribution is 0.749. The Morgan fingerprint density at radius 1 is 1.16 bits per heavy atom. The molecule has 25 heavy (non-hydrogen) atoms. The lowest BCUT2D eigenvalue weighted by Gasteiger charge is -2.07. The zero-order valence-corrected chi connectivity index (χ0v) is 16.0. The van der Waals surface area contributed by atoms with Crippen molar-refractivity contribution in [2.75, 3.05) is 0 Å². The van der Waals surface area contributed by atoms with Crippen LogP contribution in [-0.4, -0.2) is 9.55 Å². The van der Waals surface area contributed by atoms with Crippen LogP contribution in [0.3, 0.4) is 0 Å². The van der Waals surface area contributed by atoms with Crippen molar-refractivity contribution >= 4 is 37.5 Å². The zero-order valence-electron chi connectivity index (χ0n) is 13.6. The summed E-state index contributed by atoms with van der Waals surface area (Å²) in [4.78, 5) is 18.3. The number of benzene rings is 2. The van der Waals surface area contributed by atoms with Crippen molar-refractivity contribution in [1.29, 1.82) is 0 Å². The molecule has 4 rings (SSSR count). The number of aryl methyl sites for hydroxylation is 1. The number of halogens is 1. The Morgan fingerprint density at radius 2 is 1.96 bits per heavy atom. The van der Waals surface area contributed by atoms with Gasteiger partial charge < -0.3 is 0 Å². The van der Waals surface area contributed by atoms with Crippen molar-refractivity contribution in [3.05, 3.63) is 86.2 Å². The normalized spacial score (nSPS) is 11.1. The van der Waals surface area contributed by atoms with Crippen LogP contribution < -0.4 is 5.56 Å². The average molecular weight is 411 g/mol. The van der Waals surface area contributed by atoms with E-state index in [-0.39, 0.29) is 5.56 Å². The fraction of sp³-hybridized carbons (Fsp3) is 0.100. The van der Waals surface area contributed by atoms with Crippen LogP contribution in [0.5, 0.6) is 0 Å². The van der Waals surface area contributed by atoms with Gasteiger partial charge in [0.05, 0.1) is 18.3 Å². The average Bonchev–Trinajstić information content (AvgIpc) is 3.03. The molecule has 4 aromatic rings. The van der Waals surface area contributed by atoms with Gasteiger partial charge in [-0.2, -0.15) is 0 Å². The van der Waals surface area contributed by atoms with Gasteiger partial charge in [0.1, 0.15) is 4.83 Å². The first-order valence-electron chi connectivity index (χ1n) is 7.90. The summed E-state index contributed by atoms with van der Waals surface area (Å²) in [5.74, 6) is 0. The standard InChI is InChI=1S/C20H15BrN2OS/c1-13-5-7-15(8-6-13)17-11-25-19-18(17)20(24)23(12-22-19)10-14-3-2-4-16(21)9-14/h2-9,11-12H,10H2,1H3. The third kappa shape index (κ3) is 3.17. The minimum Gasteiger partial charge on any atom is -0.294 e. The van der Waals surface area contributed by atoms with Crippen LogP contribution in [0.25, 0.3) is 21.3 Å². The van der Waals surface area contributed by atoms with Gasteiger partial charge in [0, 0.05) is 15.4 Å². The first-order valence-corrected chi connectivity index (χ1v) is 9.57. The maximum Gasteiger partial charge on any atom is 0.263 e. The van der Waals surface area contributed by atoms with Crippen LogP contribution in [0.4, 0.5) is 0 Å². The molecule has 0 radical (unpaired) electrons. The van der Waals surface area contributed by atoms with Crippen LogP contribution in [0.15, 0.2) is 69.5 Å². The number of rotatable bonds is 3. The second-order valence-corrected chi connectivity index (χ2v) is 7.78. The van der Waals surface area contributed by atoms with E-state index in [1.165, 1.54) is 16.9 Å². The topological polar surface area (TPSA) is 34.9 Å². The van der Waals surface area contributed by atoms with E-state index in [1.807, 2.05) is 29.6 Å². The molecule has 0 atom stereocenters. The number of fused-ring (bicyclic) bond motifs is 1. The van der Waals surface area contributed by atoms with Crippen LogP contribution in [0.2, 0.25) is 0 Å². The molecular weight excluding hydrogens is 396 g/mol. The molecule has 0 aliphatic carbocycles. The van der Waals surface area contributed by atoms with Gasteiger partial charge in [0.2, 0.25) is 0 Å². The second kappa shape index (κ2) is 6.58. The highest BCUT2D eigenvalue weighted by molar-refractivity contribution is 9.10. The van der Waals surface area contributed by atoms with E-state index < -0.39 is 0 Å². The van der Waals surface area contributed by atoms with Crippen molar-refractivity contribution in [3.8, 4) is 11.1 Å². The third-order valence-corrected chi connectivity index (χ3v) is 5.54. The summed E-state index contributed by atoms with van der Waals surface area (Å²) in [7, 11) is 0. The van der Waals surface area contributed by atoms with Gasteiger partial charge in [-0.3, -0.25) is 9.36 Å². The number of hydrogen-bond acceptors (Lipinski definition) is 3. The van der Waals surface area contributed by atoms with Gasteiger partial charge in [0.15, 0.2) is 0 Å². The largest absolute Gasteiger partial charge is 0.294 e. The quantitative estimate of drug-likeness (QED) is 0.462. The van der Waals surface area contributed by atoms with E-state index in [0.717, 1.165) is 26.0 Å². The Morgan fingerprint density at radius 3 is 2.72 bits per heavy atom. The fourth-order valence-corrected chi connectivity index (χ4v) is 4.21. The molecule has 0 fully saturated rings. The monoisotopic (exact) mass is 410 g/mol. The maximum absolute atomic E-state index is 13.1. The smallest absolute Gasteiger partial charge is 0.263 e. The van der Waals surface area contributed by atoms with Gasteiger partial charge in [0.25, 0.3) is 5.56 Å². The lowest BCUT2D eigenvalue weighted by Crippen LogP contribution is -2.20. The Kier molecular flexibility index (Phi) is 4.27. The predicted octanol–water partition coefficient (Wildman–Crippen LogP) is 5.24. The molecule has 0 amide bonds. The summed E-state index contributed by atoms with van der Waals surface area (Å²) in [5.41, 5.74) is 4.28. The Labute approximate surface area is 157 Å². The van der Waals surface area contributed by atoms with Crippen LogP contribution >= 0.6 is 27.3 Å². The molecule has 2 aromatic heterocycles. The van der Waals surface area contributed by atoms with E-state index in [9.17, 15) is 4.79 Å². The molecular formula is C20H15BrN2OS.